The molecule has 1 saturated carbocycles. The lowest BCUT2D eigenvalue weighted by Crippen LogP contribution is -2.23. The molecule has 0 aliphatic heterocycles. The second-order valence-electron chi connectivity index (χ2n) is 4.47. The summed E-state index contributed by atoms with van der Waals surface area (Å²) in [6, 6.07) is 4.30. The van der Waals surface area contributed by atoms with Gasteiger partial charge in [-0.2, -0.15) is 0 Å². The van der Waals surface area contributed by atoms with Gasteiger partial charge in [0.05, 0.1) is 0 Å². The molecule has 2 rings (SSSR count). The highest BCUT2D eigenvalue weighted by Gasteiger charge is 2.28. The first kappa shape index (κ1) is 10.9. The summed E-state index contributed by atoms with van der Waals surface area (Å²) in [5.41, 5.74) is 6.48. The number of nitrogens with zero attached hydrogens (tertiary/aromatic N) is 1. The van der Waals surface area contributed by atoms with E-state index in [1.807, 2.05) is 19.1 Å². The van der Waals surface area contributed by atoms with Crippen molar-refractivity contribution in [1.82, 2.24) is 4.98 Å². The number of nitrogens with one attached hydrogen (secondary N) is 1. The molecule has 4 nitrogen and oxygen atoms in total. The number of anilines is 1. The molecule has 1 aromatic heterocycles. The number of amides is 1. The summed E-state index contributed by atoms with van der Waals surface area (Å²) in [6.07, 6.45) is 4.49. The minimum absolute atomic E-state index is 0.0299. The van der Waals surface area contributed by atoms with Crippen LogP contribution in [0.25, 0.3) is 0 Å². The van der Waals surface area contributed by atoms with Crippen LogP contribution in [0.5, 0.6) is 0 Å². The summed E-state index contributed by atoms with van der Waals surface area (Å²) in [6.45, 7) is 2.04. The number of carbonyl (C=O) groups is 1. The van der Waals surface area contributed by atoms with Crippen LogP contribution in [0.2, 0.25) is 0 Å². The lowest BCUT2D eigenvalue weighted by Gasteiger charge is -2.13. The molecule has 1 aliphatic carbocycles. The highest BCUT2D eigenvalue weighted by atomic mass is 16.1. The summed E-state index contributed by atoms with van der Waals surface area (Å²) in [4.78, 5) is 15.3. The fraction of sp³-hybridized carbons (Fsp3) is 0.500. The third-order valence-electron chi connectivity index (χ3n) is 3.10. The van der Waals surface area contributed by atoms with Crippen LogP contribution in [-0.2, 0) is 4.79 Å². The van der Waals surface area contributed by atoms with Crippen LogP contribution in [0, 0.1) is 12.8 Å². The molecule has 2 atom stereocenters. The maximum atomic E-state index is 11.0. The van der Waals surface area contributed by atoms with Crippen molar-refractivity contribution in [3.63, 3.8) is 0 Å². The first-order valence-corrected chi connectivity index (χ1v) is 5.63. The van der Waals surface area contributed by atoms with Crippen molar-refractivity contribution in [2.45, 2.75) is 32.2 Å². The Hall–Kier alpha value is -1.58. The Morgan fingerprint density at radius 2 is 2.38 bits per heavy atom. The molecule has 3 N–H and O–H groups in total. The fourth-order valence-corrected chi connectivity index (χ4v) is 2.20. The standard InChI is InChI=1S/C12H17N3O/c1-8-4-5-14-11(6-8)15-10-3-2-9(7-10)12(13)16/h4-6,9-10H,2-3,7H2,1H3,(H2,13,16)(H,14,15)/t9-,10+/m0/s1. The molecule has 16 heavy (non-hydrogen) atoms. The van der Waals surface area contributed by atoms with Crippen molar-refractivity contribution < 1.29 is 4.79 Å². The van der Waals surface area contributed by atoms with Gasteiger partial charge in [-0.1, -0.05) is 0 Å². The van der Waals surface area contributed by atoms with Gasteiger partial charge in [0.2, 0.25) is 5.91 Å². The SMILES string of the molecule is Cc1ccnc(N[C@@H]2CC[C@H](C(N)=O)C2)c1. The predicted molar refractivity (Wildman–Crippen MR) is 62.9 cm³/mol. The molecule has 0 spiro atoms. The molecular weight excluding hydrogens is 202 g/mol. The zero-order valence-electron chi connectivity index (χ0n) is 9.44. The monoisotopic (exact) mass is 219 g/mol. The van der Waals surface area contributed by atoms with E-state index in [-0.39, 0.29) is 11.8 Å². The summed E-state index contributed by atoms with van der Waals surface area (Å²) >= 11 is 0. The molecular formula is C12H17N3O. The highest BCUT2D eigenvalue weighted by Crippen LogP contribution is 2.27. The molecule has 1 aliphatic rings. The molecule has 86 valence electrons. The number of nitrogens with two attached hydrogens (primary N) is 1. The molecule has 1 amide bonds. The van der Waals surface area contributed by atoms with Gasteiger partial charge in [-0.25, -0.2) is 4.98 Å². The van der Waals surface area contributed by atoms with Crippen LogP contribution in [0.1, 0.15) is 24.8 Å². The van der Waals surface area contributed by atoms with Gasteiger partial charge in [0.15, 0.2) is 0 Å². The Balaban J connectivity index is 1.94. The van der Waals surface area contributed by atoms with E-state index in [1.165, 1.54) is 5.56 Å². The fourth-order valence-electron chi connectivity index (χ4n) is 2.20. The van der Waals surface area contributed by atoms with Crippen molar-refractivity contribution >= 4 is 11.7 Å². The third-order valence-corrected chi connectivity index (χ3v) is 3.10. The number of aromatic nitrogens is 1. The Labute approximate surface area is 95.3 Å². The van der Waals surface area contributed by atoms with E-state index in [2.05, 4.69) is 10.3 Å². The normalized spacial score (nSPS) is 24.3. The Kier molecular flexibility index (Phi) is 3.08. The summed E-state index contributed by atoms with van der Waals surface area (Å²) < 4.78 is 0. The first-order chi connectivity index (χ1) is 7.65. The predicted octanol–water partition coefficient (Wildman–Crippen LogP) is 1.46. The van der Waals surface area contributed by atoms with Crippen molar-refractivity contribution in [1.29, 1.82) is 0 Å². The lowest BCUT2D eigenvalue weighted by molar-refractivity contribution is -0.121. The topological polar surface area (TPSA) is 68.0 Å². The van der Waals surface area contributed by atoms with Gasteiger partial charge in [0.1, 0.15) is 5.82 Å². The van der Waals surface area contributed by atoms with Crippen LogP contribution < -0.4 is 11.1 Å². The van der Waals surface area contributed by atoms with E-state index in [0.717, 1.165) is 25.1 Å². The second-order valence-corrected chi connectivity index (χ2v) is 4.47. The number of hydrogen-bond acceptors (Lipinski definition) is 3. The van der Waals surface area contributed by atoms with Gasteiger partial charge in [-0.15, -0.1) is 0 Å². The van der Waals surface area contributed by atoms with E-state index in [1.54, 1.807) is 6.20 Å². The summed E-state index contributed by atoms with van der Waals surface area (Å²) in [7, 11) is 0. The minimum Gasteiger partial charge on any atom is -0.369 e. The van der Waals surface area contributed by atoms with Crippen LogP contribution >= 0.6 is 0 Å². The van der Waals surface area contributed by atoms with Crippen LogP contribution in [-0.4, -0.2) is 16.9 Å². The second kappa shape index (κ2) is 4.51. The van der Waals surface area contributed by atoms with Gasteiger partial charge in [0, 0.05) is 18.2 Å². The number of primary amides is 1. The molecule has 1 aromatic rings. The average Bonchev–Trinajstić information content (AvgIpc) is 2.66. The number of aryl methyl sites for hydroxylation is 1. The van der Waals surface area contributed by atoms with Crippen molar-refractivity contribution in [2.75, 3.05) is 5.32 Å². The number of pyridine rings is 1. The number of rotatable bonds is 3. The highest BCUT2D eigenvalue weighted by molar-refractivity contribution is 5.77. The molecule has 0 radical (unpaired) electrons. The smallest absolute Gasteiger partial charge is 0.220 e. The largest absolute Gasteiger partial charge is 0.369 e. The Morgan fingerprint density at radius 3 is 3.00 bits per heavy atom. The van der Waals surface area contributed by atoms with E-state index in [4.69, 9.17) is 5.73 Å². The van der Waals surface area contributed by atoms with E-state index in [9.17, 15) is 4.79 Å². The number of carbonyl (C=O) groups excluding carboxylic acids is 1. The summed E-state index contributed by atoms with van der Waals surface area (Å²) in [5, 5.41) is 3.35. The number of hydrogen-bond donors (Lipinski definition) is 2. The Bertz CT molecular complexity index is 392. The van der Waals surface area contributed by atoms with Gasteiger partial charge < -0.3 is 11.1 Å². The van der Waals surface area contributed by atoms with Crippen LogP contribution in [0.3, 0.4) is 0 Å². The maximum absolute atomic E-state index is 11.0. The molecule has 0 saturated heterocycles. The van der Waals surface area contributed by atoms with Gasteiger partial charge in [0.25, 0.3) is 0 Å². The molecule has 0 bridgehead atoms. The van der Waals surface area contributed by atoms with Crippen molar-refractivity contribution in [3.8, 4) is 0 Å². The molecule has 0 aromatic carbocycles. The zero-order chi connectivity index (χ0) is 11.5. The van der Waals surface area contributed by atoms with Crippen molar-refractivity contribution in [3.05, 3.63) is 23.9 Å². The first-order valence-electron chi connectivity index (χ1n) is 5.63. The quantitative estimate of drug-likeness (QED) is 0.808. The lowest BCUT2D eigenvalue weighted by atomic mass is 10.1. The van der Waals surface area contributed by atoms with Gasteiger partial charge in [-0.05, 0) is 43.9 Å². The van der Waals surface area contributed by atoms with Crippen LogP contribution in [0.4, 0.5) is 5.82 Å². The zero-order valence-corrected chi connectivity index (χ0v) is 9.44. The molecule has 4 heteroatoms. The van der Waals surface area contributed by atoms with E-state index in [0.29, 0.717) is 6.04 Å². The average molecular weight is 219 g/mol. The third kappa shape index (κ3) is 2.51. The molecule has 0 unspecified atom stereocenters. The van der Waals surface area contributed by atoms with E-state index >= 15 is 0 Å². The van der Waals surface area contributed by atoms with Gasteiger partial charge >= 0.3 is 0 Å². The summed E-state index contributed by atoms with van der Waals surface area (Å²) in [5.74, 6) is 0.735. The van der Waals surface area contributed by atoms with E-state index < -0.39 is 0 Å². The Morgan fingerprint density at radius 1 is 1.56 bits per heavy atom. The molecule has 1 fully saturated rings. The van der Waals surface area contributed by atoms with Gasteiger partial charge in [-0.3, -0.25) is 4.79 Å². The van der Waals surface area contributed by atoms with Crippen LogP contribution in [0.15, 0.2) is 18.3 Å². The van der Waals surface area contributed by atoms with Crippen molar-refractivity contribution in [2.24, 2.45) is 11.7 Å². The maximum Gasteiger partial charge on any atom is 0.220 e. The minimum atomic E-state index is -0.179. The molecule has 1 heterocycles.